The van der Waals surface area contributed by atoms with Gasteiger partial charge in [0.2, 0.25) is 5.91 Å². The quantitative estimate of drug-likeness (QED) is 0.533. The van der Waals surface area contributed by atoms with Crippen LogP contribution in [0.25, 0.3) is 0 Å². The minimum Gasteiger partial charge on any atom is -0.338 e. The van der Waals surface area contributed by atoms with Gasteiger partial charge >= 0.3 is 6.03 Å². The van der Waals surface area contributed by atoms with Crippen LogP contribution in [0.4, 0.5) is 9.18 Å². The van der Waals surface area contributed by atoms with E-state index in [1.807, 2.05) is 62.1 Å². The molecule has 2 aromatic carbocycles. The highest BCUT2D eigenvalue weighted by molar-refractivity contribution is 6.30. The van der Waals surface area contributed by atoms with Gasteiger partial charge in [0.1, 0.15) is 5.82 Å². The maximum absolute atomic E-state index is 13.5. The lowest BCUT2D eigenvalue weighted by Crippen LogP contribution is -2.57. The summed E-state index contributed by atoms with van der Waals surface area (Å²) in [5, 5.41) is 6.46. The molecule has 196 valence electrons. The van der Waals surface area contributed by atoms with Gasteiger partial charge in [0.05, 0.1) is 0 Å². The lowest BCUT2D eigenvalue weighted by atomic mass is 9.94. The van der Waals surface area contributed by atoms with Crippen molar-refractivity contribution in [3.05, 3.63) is 70.5 Å². The Labute approximate surface area is 219 Å². The van der Waals surface area contributed by atoms with Crippen LogP contribution < -0.4 is 10.6 Å². The molecule has 1 fully saturated rings. The van der Waals surface area contributed by atoms with Crippen LogP contribution >= 0.6 is 11.6 Å². The second kappa shape index (κ2) is 12.1. The first-order valence-electron chi connectivity index (χ1n) is 12.5. The number of benzene rings is 2. The molecule has 36 heavy (non-hydrogen) atoms. The number of hydrogen-bond donors (Lipinski definition) is 2. The lowest BCUT2D eigenvalue weighted by molar-refractivity contribution is -0.137. The lowest BCUT2D eigenvalue weighted by Gasteiger charge is -2.44. The highest BCUT2D eigenvalue weighted by Crippen LogP contribution is 2.25. The summed E-state index contributed by atoms with van der Waals surface area (Å²) >= 11 is 6.08. The van der Waals surface area contributed by atoms with E-state index in [2.05, 4.69) is 29.4 Å². The van der Waals surface area contributed by atoms with E-state index < -0.39 is 0 Å². The zero-order chi connectivity index (χ0) is 26.5. The number of urea groups is 1. The van der Waals surface area contributed by atoms with Gasteiger partial charge < -0.3 is 15.5 Å². The molecule has 6 nitrogen and oxygen atoms in total. The Bertz CT molecular complexity index is 1020. The second-order valence-electron chi connectivity index (χ2n) is 10.8. The van der Waals surface area contributed by atoms with E-state index in [0.29, 0.717) is 24.7 Å². The van der Waals surface area contributed by atoms with E-state index in [4.69, 9.17) is 11.6 Å². The summed E-state index contributed by atoms with van der Waals surface area (Å²) < 4.78 is 13.3. The predicted molar refractivity (Wildman–Crippen MR) is 143 cm³/mol. The highest BCUT2D eigenvalue weighted by atomic mass is 35.5. The highest BCUT2D eigenvalue weighted by Gasteiger charge is 2.33. The Balaban J connectivity index is 1.65. The minimum absolute atomic E-state index is 0.0390. The summed E-state index contributed by atoms with van der Waals surface area (Å²) in [4.78, 5) is 30.1. The zero-order valence-electron chi connectivity index (χ0n) is 21.9. The van der Waals surface area contributed by atoms with Gasteiger partial charge in [-0.25, -0.2) is 9.18 Å². The first-order valence-corrected chi connectivity index (χ1v) is 12.9. The molecule has 1 saturated heterocycles. The third-order valence-corrected chi connectivity index (χ3v) is 6.75. The van der Waals surface area contributed by atoms with E-state index >= 15 is 0 Å². The van der Waals surface area contributed by atoms with E-state index in [9.17, 15) is 14.0 Å². The molecule has 1 aliphatic heterocycles. The summed E-state index contributed by atoms with van der Waals surface area (Å²) in [7, 11) is 0. The summed E-state index contributed by atoms with van der Waals surface area (Å²) in [6.45, 7) is 12.4. The van der Waals surface area contributed by atoms with Gasteiger partial charge in [-0.1, -0.05) is 35.9 Å². The number of nitrogens with one attached hydrogen (secondary N) is 2. The fraction of sp³-hybridized carbons (Fsp3) is 0.500. The molecule has 3 amide bonds. The van der Waals surface area contributed by atoms with Crippen LogP contribution in [-0.2, 0) is 11.3 Å². The SMILES string of the molecule is C[C@@H]1CN(Cc2ccc(F)cc2)[C@@H](C)CN1C(=O)CC(CNC(=O)NC(C)(C)C)c1ccc(Cl)cc1. The summed E-state index contributed by atoms with van der Waals surface area (Å²) in [6, 6.07) is 14.0. The van der Waals surface area contributed by atoms with Crippen molar-refractivity contribution in [2.75, 3.05) is 19.6 Å². The van der Waals surface area contributed by atoms with E-state index in [-0.39, 0.29) is 47.7 Å². The standard InChI is InChI=1S/C28H38ClFN4O2/c1-19-17-34(20(2)16-33(19)18-21-6-12-25(30)13-7-21)26(35)14-23(22-8-10-24(29)11-9-22)15-31-27(36)32-28(3,4)5/h6-13,19-20,23H,14-18H2,1-5H3,(H2,31,32,36)/t19-,20+,23?/m0/s1. The molecule has 2 N–H and O–H groups in total. The first-order chi connectivity index (χ1) is 16.9. The molecule has 1 aliphatic rings. The van der Waals surface area contributed by atoms with Gasteiger partial charge in [-0.15, -0.1) is 0 Å². The van der Waals surface area contributed by atoms with Crippen molar-refractivity contribution in [3.8, 4) is 0 Å². The Morgan fingerprint density at radius 1 is 1.03 bits per heavy atom. The van der Waals surface area contributed by atoms with Crippen LogP contribution in [0.5, 0.6) is 0 Å². The monoisotopic (exact) mass is 516 g/mol. The molecule has 0 aliphatic carbocycles. The molecule has 1 heterocycles. The molecule has 3 rings (SSSR count). The number of carbonyl (C=O) groups is 2. The smallest absolute Gasteiger partial charge is 0.315 e. The summed E-state index contributed by atoms with van der Waals surface area (Å²) in [5.74, 6) is -0.356. The molecule has 2 aromatic rings. The van der Waals surface area contributed by atoms with E-state index in [0.717, 1.165) is 17.7 Å². The Morgan fingerprint density at radius 3 is 2.28 bits per heavy atom. The fourth-order valence-electron chi connectivity index (χ4n) is 4.56. The average Bonchev–Trinajstić information content (AvgIpc) is 2.79. The van der Waals surface area contributed by atoms with Crippen LogP contribution in [0.1, 0.15) is 58.1 Å². The predicted octanol–water partition coefficient (Wildman–Crippen LogP) is 5.17. The number of halogens is 2. The average molecular weight is 517 g/mol. The van der Waals surface area contributed by atoms with E-state index in [1.54, 1.807) is 0 Å². The van der Waals surface area contributed by atoms with Crippen molar-refractivity contribution in [3.63, 3.8) is 0 Å². The number of nitrogens with zero attached hydrogens (tertiary/aromatic N) is 2. The minimum atomic E-state index is -0.352. The molecule has 3 atom stereocenters. The largest absolute Gasteiger partial charge is 0.338 e. The Kier molecular flexibility index (Phi) is 9.36. The number of piperazine rings is 1. The van der Waals surface area contributed by atoms with Gasteiger partial charge in [-0.2, -0.15) is 0 Å². The molecule has 0 radical (unpaired) electrons. The second-order valence-corrected chi connectivity index (χ2v) is 11.3. The zero-order valence-corrected chi connectivity index (χ0v) is 22.6. The molecular formula is C28H38ClFN4O2. The van der Waals surface area contributed by atoms with Crippen LogP contribution in [0.2, 0.25) is 5.02 Å². The Morgan fingerprint density at radius 2 is 1.67 bits per heavy atom. The summed E-state index contributed by atoms with van der Waals surface area (Å²) in [6.07, 6.45) is 0.284. The molecule has 0 aromatic heterocycles. The van der Waals surface area contributed by atoms with Crippen molar-refractivity contribution >= 4 is 23.5 Å². The maximum atomic E-state index is 13.5. The van der Waals surface area contributed by atoms with Crippen molar-refractivity contribution in [2.45, 2.75) is 71.1 Å². The number of hydrogen-bond acceptors (Lipinski definition) is 3. The number of rotatable bonds is 7. The third-order valence-electron chi connectivity index (χ3n) is 6.49. The molecule has 0 saturated carbocycles. The molecular weight excluding hydrogens is 479 g/mol. The van der Waals surface area contributed by atoms with Gasteiger partial charge in [0.15, 0.2) is 0 Å². The van der Waals surface area contributed by atoms with Crippen LogP contribution in [0.15, 0.2) is 48.5 Å². The van der Waals surface area contributed by atoms with Crippen LogP contribution in [-0.4, -0.2) is 59.0 Å². The topological polar surface area (TPSA) is 64.7 Å². The number of amides is 3. The molecule has 0 bridgehead atoms. The van der Waals surface area contributed by atoms with Crippen molar-refractivity contribution in [2.24, 2.45) is 0 Å². The van der Waals surface area contributed by atoms with Crippen molar-refractivity contribution in [1.82, 2.24) is 20.4 Å². The Hall–Kier alpha value is -2.64. The van der Waals surface area contributed by atoms with Crippen LogP contribution in [0, 0.1) is 5.82 Å². The number of carbonyl (C=O) groups excluding carboxylic acids is 2. The van der Waals surface area contributed by atoms with Crippen molar-refractivity contribution in [1.29, 1.82) is 0 Å². The third kappa shape index (κ3) is 8.20. The van der Waals surface area contributed by atoms with Gasteiger partial charge in [-0.05, 0) is 70.0 Å². The van der Waals surface area contributed by atoms with Gasteiger partial charge in [0, 0.05) is 61.2 Å². The van der Waals surface area contributed by atoms with Crippen LogP contribution in [0.3, 0.4) is 0 Å². The summed E-state index contributed by atoms with van der Waals surface area (Å²) in [5.41, 5.74) is 1.66. The first kappa shape index (κ1) is 27.9. The molecule has 1 unspecified atom stereocenters. The van der Waals surface area contributed by atoms with E-state index in [1.165, 1.54) is 12.1 Å². The maximum Gasteiger partial charge on any atom is 0.315 e. The fourth-order valence-corrected chi connectivity index (χ4v) is 4.69. The van der Waals surface area contributed by atoms with Gasteiger partial charge in [-0.3, -0.25) is 9.69 Å². The van der Waals surface area contributed by atoms with Gasteiger partial charge in [0.25, 0.3) is 0 Å². The molecule has 8 heteroatoms. The normalized spacial score (nSPS) is 19.6. The van der Waals surface area contributed by atoms with Crippen molar-refractivity contribution < 1.29 is 14.0 Å². The molecule has 0 spiro atoms.